The Hall–Kier alpha value is -2.23. The van der Waals surface area contributed by atoms with Crippen molar-refractivity contribution in [1.82, 2.24) is 24.1 Å². The lowest BCUT2D eigenvalue weighted by Gasteiger charge is -2.28. The van der Waals surface area contributed by atoms with Crippen LogP contribution in [-0.4, -0.2) is 42.6 Å². The molecule has 1 saturated heterocycles. The lowest BCUT2D eigenvalue weighted by atomic mass is 10.1. The lowest BCUT2D eigenvalue weighted by Crippen LogP contribution is -2.47. The van der Waals surface area contributed by atoms with Gasteiger partial charge in [-0.3, -0.25) is 5.32 Å². The Balaban J connectivity index is 1.71. The molecule has 3 aromatic rings. The first-order valence-electron chi connectivity index (χ1n) is 10.3. The van der Waals surface area contributed by atoms with Crippen LogP contribution < -0.4 is 10.0 Å². The van der Waals surface area contributed by atoms with Crippen molar-refractivity contribution in [1.29, 1.82) is 0 Å². The molecule has 1 fully saturated rings. The summed E-state index contributed by atoms with van der Waals surface area (Å²) in [6.07, 6.45) is 2.17. The van der Waals surface area contributed by atoms with Gasteiger partial charge in [0.15, 0.2) is 0 Å². The molecule has 0 spiro atoms. The second kappa shape index (κ2) is 9.50. The number of aromatic nitrogens is 2. The standard InChI is InChI=1S/C22H26ClN5O2S/c1-24-22(26-31(29,30)27-14-6-3-7-15-27)20-16-21(17-8-4-2-5-9-17)28(25-20)19-12-10-18(23)11-13-19/h2,4-5,8-13,16,22,24,26H,3,6-7,14-15H2,1H3. The van der Waals surface area contributed by atoms with Gasteiger partial charge in [0.1, 0.15) is 6.17 Å². The number of nitrogens with zero attached hydrogens (tertiary/aromatic N) is 3. The molecule has 31 heavy (non-hydrogen) atoms. The van der Waals surface area contributed by atoms with Crippen molar-refractivity contribution in [3.8, 4) is 16.9 Å². The van der Waals surface area contributed by atoms with Gasteiger partial charge in [-0.25, -0.2) is 4.68 Å². The van der Waals surface area contributed by atoms with Crippen molar-refractivity contribution in [3.05, 3.63) is 71.4 Å². The molecule has 0 radical (unpaired) electrons. The Morgan fingerprint density at radius 3 is 2.32 bits per heavy atom. The Kier molecular flexibility index (Phi) is 6.74. The van der Waals surface area contributed by atoms with E-state index in [-0.39, 0.29) is 0 Å². The van der Waals surface area contributed by atoms with Gasteiger partial charge in [0.05, 0.1) is 17.1 Å². The van der Waals surface area contributed by atoms with Crippen molar-refractivity contribution in [2.45, 2.75) is 25.4 Å². The smallest absolute Gasteiger partial charge is 0.281 e. The Labute approximate surface area is 188 Å². The summed E-state index contributed by atoms with van der Waals surface area (Å²) < 4.78 is 31.9. The van der Waals surface area contributed by atoms with E-state index < -0.39 is 16.4 Å². The third-order valence-electron chi connectivity index (χ3n) is 5.38. The zero-order valence-corrected chi connectivity index (χ0v) is 18.9. The average molecular weight is 460 g/mol. The molecule has 9 heteroatoms. The van der Waals surface area contributed by atoms with Gasteiger partial charge in [0.25, 0.3) is 10.2 Å². The van der Waals surface area contributed by atoms with E-state index in [1.54, 1.807) is 11.7 Å². The Morgan fingerprint density at radius 1 is 1.00 bits per heavy atom. The van der Waals surface area contributed by atoms with Gasteiger partial charge in [0, 0.05) is 23.7 Å². The average Bonchev–Trinajstić information content (AvgIpc) is 3.24. The minimum atomic E-state index is -3.63. The first-order chi connectivity index (χ1) is 15.0. The highest BCUT2D eigenvalue weighted by atomic mass is 35.5. The maximum Gasteiger partial charge on any atom is 0.281 e. The molecule has 2 aromatic carbocycles. The molecule has 0 amide bonds. The molecular formula is C22H26ClN5O2S. The second-order valence-electron chi connectivity index (χ2n) is 7.51. The molecule has 1 atom stereocenters. The summed E-state index contributed by atoms with van der Waals surface area (Å²) in [4.78, 5) is 0. The summed E-state index contributed by atoms with van der Waals surface area (Å²) in [7, 11) is -1.91. The van der Waals surface area contributed by atoms with Crippen LogP contribution in [-0.2, 0) is 10.2 Å². The van der Waals surface area contributed by atoms with E-state index >= 15 is 0 Å². The molecule has 0 saturated carbocycles. The van der Waals surface area contributed by atoms with Crippen LogP contribution in [0.3, 0.4) is 0 Å². The first-order valence-corrected chi connectivity index (χ1v) is 12.2. The summed E-state index contributed by atoms with van der Waals surface area (Å²) in [5, 5.41) is 8.44. The number of hydrogen-bond acceptors (Lipinski definition) is 4. The van der Waals surface area contributed by atoms with E-state index in [0.29, 0.717) is 23.8 Å². The van der Waals surface area contributed by atoms with Crippen molar-refractivity contribution in [3.63, 3.8) is 0 Å². The maximum absolute atomic E-state index is 12.9. The van der Waals surface area contributed by atoms with E-state index in [0.717, 1.165) is 36.2 Å². The quantitative estimate of drug-likeness (QED) is 0.527. The molecule has 2 N–H and O–H groups in total. The second-order valence-corrected chi connectivity index (χ2v) is 9.65. The minimum absolute atomic E-state index is 0.542. The number of rotatable bonds is 7. The molecule has 0 bridgehead atoms. The molecule has 1 unspecified atom stereocenters. The van der Waals surface area contributed by atoms with Crippen LogP contribution in [0.4, 0.5) is 0 Å². The van der Waals surface area contributed by atoms with Gasteiger partial charge in [0.2, 0.25) is 0 Å². The summed E-state index contributed by atoms with van der Waals surface area (Å²) in [6.45, 7) is 1.08. The molecular weight excluding hydrogens is 434 g/mol. The number of nitrogens with one attached hydrogen (secondary N) is 2. The van der Waals surface area contributed by atoms with E-state index in [4.69, 9.17) is 16.7 Å². The molecule has 2 heterocycles. The third-order valence-corrected chi connectivity index (χ3v) is 7.21. The predicted molar refractivity (Wildman–Crippen MR) is 123 cm³/mol. The van der Waals surface area contributed by atoms with Gasteiger partial charge >= 0.3 is 0 Å². The maximum atomic E-state index is 12.9. The lowest BCUT2D eigenvalue weighted by molar-refractivity contribution is 0.336. The zero-order valence-electron chi connectivity index (χ0n) is 17.3. The fourth-order valence-electron chi connectivity index (χ4n) is 3.73. The summed E-state index contributed by atoms with van der Waals surface area (Å²) in [5.41, 5.74) is 3.25. The zero-order chi connectivity index (χ0) is 21.8. The van der Waals surface area contributed by atoms with Crippen molar-refractivity contribution < 1.29 is 8.42 Å². The van der Waals surface area contributed by atoms with E-state index in [1.807, 2.05) is 60.7 Å². The number of halogens is 1. The first kappa shape index (κ1) is 22.0. The number of hydrogen-bond donors (Lipinski definition) is 2. The molecule has 0 aliphatic carbocycles. The molecule has 1 aliphatic heterocycles. The van der Waals surface area contributed by atoms with Gasteiger partial charge in [-0.05, 0) is 50.2 Å². The van der Waals surface area contributed by atoms with Crippen LogP contribution in [0.25, 0.3) is 16.9 Å². The molecule has 1 aromatic heterocycles. The van der Waals surface area contributed by atoms with Crippen molar-refractivity contribution >= 4 is 21.8 Å². The number of piperidine rings is 1. The molecule has 1 aliphatic rings. The topological polar surface area (TPSA) is 79.3 Å². The van der Waals surface area contributed by atoms with Gasteiger partial charge in [-0.2, -0.15) is 22.5 Å². The van der Waals surface area contributed by atoms with E-state index in [9.17, 15) is 8.42 Å². The van der Waals surface area contributed by atoms with Crippen LogP contribution in [0, 0.1) is 0 Å². The molecule has 7 nitrogen and oxygen atoms in total. The Morgan fingerprint density at radius 2 is 1.68 bits per heavy atom. The largest absolute Gasteiger partial charge is 0.299 e. The van der Waals surface area contributed by atoms with Gasteiger partial charge < -0.3 is 0 Å². The molecule has 164 valence electrons. The van der Waals surface area contributed by atoms with Crippen LogP contribution >= 0.6 is 11.6 Å². The van der Waals surface area contributed by atoms with Crippen LogP contribution in [0.15, 0.2) is 60.7 Å². The van der Waals surface area contributed by atoms with Crippen LogP contribution in [0.1, 0.15) is 31.1 Å². The van der Waals surface area contributed by atoms with Gasteiger partial charge in [-0.1, -0.05) is 48.4 Å². The fourth-order valence-corrected chi connectivity index (χ4v) is 5.28. The van der Waals surface area contributed by atoms with E-state index in [1.165, 1.54) is 4.31 Å². The summed E-state index contributed by atoms with van der Waals surface area (Å²) in [5.74, 6) is 0. The van der Waals surface area contributed by atoms with Crippen molar-refractivity contribution in [2.24, 2.45) is 0 Å². The predicted octanol–water partition coefficient (Wildman–Crippen LogP) is 3.73. The fraction of sp³-hybridized carbons (Fsp3) is 0.318. The van der Waals surface area contributed by atoms with Crippen LogP contribution in [0.2, 0.25) is 5.02 Å². The number of benzene rings is 2. The normalized spacial score (nSPS) is 16.3. The summed E-state index contributed by atoms with van der Waals surface area (Å²) >= 11 is 6.06. The van der Waals surface area contributed by atoms with Crippen LogP contribution in [0.5, 0.6) is 0 Å². The SMILES string of the molecule is CNC(NS(=O)(=O)N1CCCCC1)c1cc(-c2ccccc2)n(-c2ccc(Cl)cc2)n1. The summed E-state index contributed by atoms with van der Waals surface area (Å²) in [6, 6.07) is 19.2. The highest BCUT2D eigenvalue weighted by Crippen LogP contribution is 2.27. The monoisotopic (exact) mass is 459 g/mol. The highest BCUT2D eigenvalue weighted by molar-refractivity contribution is 7.87. The van der Waals surface area contributed by atoms with Crippen molar-refractivity contribution in [2.75, 3.05) is 20.1 Å². The Bertz CT molecular complexity index is 1110. The van der Waals surface area contributed by atoms with E-state index in [2.05, 4.69) is 10.0 Å². The molecule has 4 rings (SSSR count). The van der Waals surface area contributed by atoms with Gasteiger partial charge in [-0.15, -0.1) is 0 Å². The minimum Gasteiger partial charge on any atom is -0.299 e. The highest BCUT2D eigenvalue weighted by Gasteiger charge is 2.28. The third kappa shape index (κ3) is 4.99.